The van der Waals surface area contributed by atoms with Gasteiger partial charge in [-0.3, -0.25) is 4.79 Å². The largest absolute Gasteiger partial charge is 0.394 e. The van der Waals surface area contributed by atoms with Gasteiger partial charge < -0.3 is 40.3 Å². The summed E-state index contributed by atoms with van der Waals surface area (Å²) in [5.74, 6) is -0.194. The fourth-order valence-corrected chi connectivity index (χ4v) is 7.44. The standard InChI is InChI=1S/C54H93NO8/c1-3-5-7-9-11-12-13-14-15-16-17-18-19-20-21-22-23-24-25-26-27-28-29-30-31-32-33-34-35-36-38-40-42-44-50(58)55-47(48(57)43-41-39-37-10-8-6-4-2)46-62-54-53(61)52(60)51(59)49(45-56)63-54/h5,7-8,10-12,14-15,17-18,20-21,41,43,47-49,51-54,56-57,59-61H,3-4,6,9,13,16,19,22-40,42,44-46H2,1-2H3,(H,55,58)/b7-5-,10-8+,12-11-,15-14-,18-17-,21-20-,43-41+. The Morgan fingerprint density at radius 1 is 0.556 bits per heavy atom. The number of ether oxygens (including phenoxy) is 2. The van der Waals surface area contributed by atoms with E-state index in [9.17, 15) is 30.3 Å². The molecule has 6 N–H and O–H groups in total. The SMILES string of the molecule is CC/C=C\C/C=C\C/C=C\C/C=C\C/C=C\CCCCCCCCCCCCCCCCCCCC(=O)NC(COC1OC(CO)C(O)C(O)C1O)C(O)/C=C/CC/C=C/CCC. The number of amides is 1. The van der Waals surface area contributed by atoms with Gasteiger partial charge in [-0.05, 0) is 70.6 Å². The van der Waals surface area contributed by atoms with Crippen LogP contribution in [0.15, 0.2) is 85.1 Å². The molecule has 7 atom stereocenters. The summed E-state index contributed by atoms with van der Waals surface area (Å²) in [6, 6.07) is -0.821. The zero-order valence-electron chi connectivity index (χ0n) is 39.8. The lowest BCUT2D eigenvalue weighted by Crippen LogP contribution is -2.60. The second kappa shape index (κ2) is 43.3. The molecule has 0 aliphatic carbocycles. The van der Waals surface area contributed by atoms with E-state index in [-0.39, 0.29) is 12.5 Å². The van der Waals surface area contributed by atoms with Crippen LogP contribution in [0.3, 0.4) is 0 Å². The van der Waals surface area contributed by atoms with E-state index in [0.29, 0.717) is 6.42 Å². The number of aliphatic hydroxyl groups excluding tert-OH is 5. The predicted octanol–water partition coefficient (Wildman–Crippen LogP) is 11.5. The lowest BCUT2D eigenvalue weighted by Gasteiger charge is -2.40. The van der Waals surface area contributed by atoms with Crippen LogP contribution in [0.4, 0.5) is 0 Å². The Morgan fingerprint density at radius 3 is 1.51 bits per heavy atom. The number of unbranched alkanes of at least 4 members (excludes halogenated alkanes) is 19. The van der Waals surface area contributed by atoms with E-state index in [0.717, 1.165) is 77.0 Å². The molecule has 63 heavy (non-hydrogen) atoms. The first-order valence-electron chi connectivity index (χ1n) is 25.3. The first-order valence-corrected chi connectivity index (χ1v) is 25.3. The van der Waals surface area contributed by atoms with Crippen LogP contribution in [0.25, 0.3) is 0 Å². The minimum absolute atomic E-state index is 0.194. The number of rotatable bonds is 41. The van der Waals surface area contributed by atoms with Gasteiger partial charge in [-0.2, -0.15) is 0 Å². The molecule has 1 amide bonds. The summed E-state index contributed by atoms with van der Waals surface area (Å²) >= 11 is 0. The van der Waals surface area contributed by atoms with Gasteiger partial charge in [0.2, 0.25) is 5.91 Å². The summed E-state index contributed by atoms with van der Waals surface area (Å²) in [6.45, 7) is 3.52. The topological polar surface area (TPSA) is 149 Å². The molecule has 0 saturated carbocycles. The highest BCUT2D eigenvalue weighted by Gasteiger charge is 2.44. The maximum absolute atomic E-state index is 12.9. The molecule has 1 aliphatic rings. The Labute approximate surface area is 384 Å². The van der Waals surface area contributed by atoms with Crippen molar-refractivity contribution in [3.05, 3.63) is 85.1 Å². The van der Waals surface area contributed by atoms with Gasteiger partial charge >= 0.3 is 0 Å². The van der Waals surface area contributed by atoms with E-state index in [1.165, 1.54) is 96.3 Å². The van der Waals surface area contributed by atoms with E-state index in [4.69, 9.17) is 9.47 Å². The van der Waals surface area contributed by atoms with Gasteiger partial charge in [0.05, 0.1) is 25.4 Å². The molecule has 362 valence electrons. The van der Waals surface area contributed by atoms with Crippen molar-refractivity contribution in [3.63, 3.8) is 0 Å². The van der Waals surface area contributed by atoms with E-state index in [2.05, 4.69) is 92.1 Å². The molecular formula is C54H93NO8. The summed E-state index contributed by atoms with van der Waals surface area (Å²) < 4.78 is 11.1. The van der Waals surface area contributed by atoms with Crippen LogP contribution in [-0.4, -0.2) is 87.5 Å². The van der Waals surface area contributed by atoms with Crippen molar-refractivity contribution in [2.45, 2.75) is 236 Å². The number of aliphatic hydroxyl groups is 5. The summed E-state index contributed by atoms with van der Waals surface area (Å²) in [4.78, 5) is 12.9. The van der Waals surface area contributed by atoms with E-state index in [1.807, 2.05) is 6.08 Å². The molecule has 1 rings (SSSR count). The van der Waals surface area contributed by atoms with Crippen LogP contribution >= 0.6 is 0 Å². The zero-order valence-corrected chi connectivity index (χ0v) is 39.8. The highest BCUT2D eigenvalue weighted by atomic mass is 16.7. The van der Waals surface area contributed by atoms with Crippen LogP contribution in [0.2, 0.25) is 0 Å². The number of carbonyl (C=O) groups excluding carboxylic acids is 1. The van der Waals surface area contributed by atoms with Crippen molar-refractivity contribution in [3.8, 4) is 0 Å². The molecule has 1 heterocycles. The summed E-state index contributed by atoms with van der Waals surface area (Å²) in [5.41, 5.74) is 0. The molecule has 1 saturated heterocycles. The van der Waals surface area contributed by atoms with Crippen LogP contribution in [0, 0.1) is 0 Å². The molecule has 7 unspecified atom stereocenters. The third-order valence-corrected chi connectivity index (χ3v) is 11.4. The van der Waals surface area contributed by atoms with Crippen molar-refractivity contribution in [1.82, 2.24) is 5.32 Å². The van der Waals surface area contributed by atoms with Gasteiger partial charge in [0.1, 0.15) is 24.4 Å². The van der Waals surface area contributed by atoms with Gasteiger partial charge in [-0.15, -0.1) is 0 Å². The summed E-state index contributed by atoms with van der Waals surface area (Å²) in [7, 11) is 0. The van der Waals surface area contributed by atoms with Gasteiger partial charge in [0, 0.05) is 6.42 Å². The average molecular weight is 884 g/mol. The van der Waals surface area contributed by atoms with E-state index in [1.54, 1.807) is 6.08 Å². The molecule has 1 fully saturated rings. The highest BCUT2D eigenvalue weighted by Crippen LogP contribution is 2.22. The van der Waals surface area contributed by atoms with Crippen molar-refractivity contribution in [2.24, 2.45) is 0 Å². The lowest BCUT2D eigenvalue weighted by molar-refractivity contribution is -0.302. The van der Waals surface area contributed by atoms with E-state index < -0.39 is 49.5 Å². The molecule has 9 heteroatoms. The van der Waals surface area contributed by atoms with Crippen LogP contribution in [0.5, 0.6) is 0 Å². The van der Waals surface area contributed by atoms with Crippen molar-refractivity contribution in [1.29, 1.82) is 0 Å². The molecule has 0 radical (unpaired) electrons. The molecule has 1 aliphatic heterocycles. The van der Waals surface area contributed by atoms with Crippen LogP contribution in [0.1, 0.15) is 194 Å². The fourth-order valence-electron chi connectivity index (χ4n) is 7.44. The number of allylic oxidation sites excluding steroid dienone is 13. The Balaban J connectivity index is 2.08. The molecule has 0 aromatic heterocycles. The zero-order chi connectivity index (χ0) is 45.9. The third kappa shape index (κ3) is 33.5. The van der Waals surface area contributed by atoms with Crippen LogP contribution < -0.4 is 5.32 Å². The molecule has 0 aromatic carbocycles. The predicted molar refractivity (Wildman–Crippen MR) is 262 cm³/mol. The second-order valence-corrected chi connectivity index (χ2v) is 17.2. The maximum atomic E-state index is 12.9. The Hall–Kier alpha value is -2.63. The average Bonchev–Trinajstić information content (AvgIpc) is 3.28. The Bertz CT molecular complexity index is 1260. The highest BCUT2D eigenvalue weighted by molar-refractivity contribution is 5.76. The first kappa shape index (κ1) is 58.4. The Kier molecular flexibility index (Phi) is 40.1. The van der Waals surface area contributed by atoms with Gasteiger partial charge in [-0.25, -0.2) is 0 Å². The minimum Gasteiger partial charge on any atom is -0.394 e. The van der Waals surface area contributed by atoms with Gasteiger partial charge in [0.15, 0.2) is 6.29 Å². The van der Waals surface area contributed by atoms with Crippen molar-refractivity contribution >= 4 is 5.91 Å². The van der Waals surface area contributed by atoms with Crippen LogP contribution in [-0.2, 0) is 14.3 Å². The fraction of sp³-hybridized carbons (Fsp3) is 0.722. The Morgan fingerprint density at radius 2 is 1.00 bits per heavy atom. The maximum Gasteiger partial charge on any atom is 0.220 e. The molecule has 0 aromatic rings. The van der Waals surface area contributed by atoms with E-state index >= 15 is 0 Å². The van der Waals surface area contributed by atoms with Gasteiger partial charge in [-0.1, -0.05) is 202 Å². The normalized spacial score (nSPS) is 20.9. The first-order chi connectivity index (χ1) is 30.8. The lowest BCUT2D eigenvalue weighted by atomic mass is 9.99. The minimum atomic E-state index is -1.57. The summed E-state index contributed by atoms with van der Waals surface area (Å²) in [6.07, 6.45) is 54.0. The smallest absolute Gasteiger partial charge is 0.220 e. The quantitative estimate of drug-likeness (QED) is 0.0263. The molecule has 9 nitrogen and oxygen atoms in total. The van der Waals surface area contributed by atoms with Crippen molar-refractivity contribution in [2.75, 3.05) is 13.2 Å². The van der Waals surface area contributed by atoms with Crippen molar-refractivity contribution < 1.29 is 39.8 Å². The number of hydrogen-bond donors (Lipinski definition) is 6. The number of nitrogens with one attached hydrogen (secondary N) is 1. The number of hydrogen-bond acceptors (Lipinski definition) is 8. The second-order valence-electron chi connectivity index (χ2n) is 17.2. The molecule has 0 bridgehead atoms. The molecule has 0 spiro atoms. The summed E-state index contributed by atoms with van der Waals surface area (Å²) in [5, 5.41) is 53.9. The number of carbonyl (C=O) groups is 1. The third-order valence-electron chi connectivity index (χ3n) is 11.4. The molecular weight excluding hydrogens is 791 g/mol. The van der Waals surface area contributed by atoms with Gasteiger partial charge in [0.25, 0.3) is 0 Å². The monoisotopic (exact) mass is 884 g/mol.